The Morgan fingerprint density at radius 3 is 2.46 bits per heavy atom. The first-order valence-electron chi connectivity index (χ1n) is 6.90. The Bertz CT molecular complexity index is 1020. The predicted octanol–water partition coefficient (Wildman–Crippen LogP) is 2.62. The van der Waals surface area contributed by atoms with Crippen molar-refractivity contribution in [2.75, 3.05) is 0 Å². The second-order valence-corrected chi connectivity index (χ2v) is 7.38. The normalized spacial score (nSPS) is 11.4. The van der Waals surface area contributed by atoms with E-state index < -0.39 is 15.9 Å². The van der Waals surface area contributed by atoms with Gasteiger partial charge in [-0.05, 0) is 40.2 Å². The zero-order valence-electron chi connectivity index (χ0n) is 12.2. The largest absolute Gasteiger partial charge is 0.284 e. The average Bonchev–Trinajstić information content (AvgIpc) is 2.59. The van der Waals surface area contributed by atoms with E-state index in [2.05, 4.69) is 31.2 Å². The van der Waals surface area contributed by atoms with Gasteiger partial charge in [0.1, 0.15) is 5.69 Å². The molecule has 0 saturated heterocycles. The Kier molecular flexibility index (Phi) is 4.61. The van der Waals surface area contributed by atoms with Crippen LogP contribution >= 0.6 is 15.9 Å². The second kappa shape index (κ2) is 6.68. The number of para-hydroxylation sites is 1. The van der Waals surface area contributed by atoms with Gasteiger partial charge >= 0.3 is 0 Å². The van der Waals surface area contributed by atoms with Crippen LogP contribution in [-0.2, 0) is 10.0 Å². The van der Waals surface area contributed by atoms with Crippen LogP contribution in [0, 0.1) is 0 Å². The SMILES string of the molecule is O=C(NNS(=O)(=O)c1ccccc1Br)c1ccc2ccccc2n1. The molecule has 0 bridgehead atoms. The highest BCUT2D eigenvalue weighted by atomic mass is 79.9. The number of nitrogens with one attached hydrogen (secondary N) is 2. The molecule has 8 heteroatoms. The maximum absolute atomic E-state index is 12.2. The van der Waals surface area contributed by atoms with Gasteiger partial charge in [0.05, 0.1) is 10.4 Å². The summed E-state index contributed by atoms with van der Waals surface area (Å²) in [5, 5.41) is 0.892. The summed E-state index contributed by atoms with van der Waals surface area (Å²) >= 11 is 3.17. The first-order chi connectivity index (χ1) is 11.5. The number of rotatable bonds is 4. The van der Waals surface area contributed by atoms with E-state index in [9.17, 15) is 13.2 Å². The van der Waals surface area contributed by atoms with E-state index in [1.807, 2.05) is 18.2 Å². The lowest BCUT2D eigenvalue weighted by Crippen LogP contribution is -2.41. The lowest BCUT2D eigenvalue weighted by atomic mass is 10.2. The van der Waals surface area contributed by atoms with Crippen molar-refractivity contribution in [1.29, 1.82) is 0 Å². The third kappa shape index (κ3) is 3.45. The number of hydrogen-bond donors (Lipinski definition) is 2. The van der Waals surface area contributed by atoms with Crippen molar-refractivity contribution in [3.63, 3.8) is 0 Å². The van der Waals surface area contributed by atoms with Gasteiger partial charge in [-0.15, -0.1) is 4.83 Å². The number of sulfonamides is 1. The highest BCUT2D eigenvalue weighted by Crippen LogP contribution is 2.20. The minimum atomic E-state index is -3.89. The number of halogens is 1. The minimum absolute atomic E-state index is 0.0248. The third-order valence-corrected chi connectivity index (χ3v) is 5.52. The van der Waals surface area contributed by atoms with Crippen LogP contribution in [0.1, 0.15) is 10.5 Å². The molecule has 1 aromatic heterocycles. The number of amides is 1. The van der Waals surface area contributed by atoms with Gasteiger partial charge in [-0.2, -0.15) is 0 Å². The van der Waals surface area contributed by atoms with Crippen LogP contribution < -0.4 is 10.3 Å². The standard InChI is InChI=1S/C16H12BrN3O3S/c17-12-6-2-4-8-15(12)24(22,23)20-19-16(21)14-10-9-11-5-1-3-7-13(11)18-14/h1-10,20H,(H,19,21). The van der Waals surface area contributed by atoms with E-state index in [0.717, 1.165) is 5.39 Å². The van der Waals surface area contributed by atoms with Crippen molar-refractivity contribution in [2.45, 2.75) is 4.90 Å². The van der Waals surface area contributed by atoms with Gasteiger partial charge in [0.2, 0.25) is 0 Å². The Hall–Kier alpha value is -2.29. The van der Waals surface area contributed by atoms with E-state index in [1.165, 1.54) is 12.1 Å². The number of aromatic nitrogens is 1. The van der Waals surface area contributed by atoms with E-state index in [4.69, 9.17) is 0 Å². The molecule has 2 aromatic carbocycles. The molecular formula is C16H12BrN3O3S. The van der Waals surface area contributed by atoms with Crippen molar-refractivity contribution in [3.8, 4) is 0 Å². The number of fused-ring (bicyclic) bond motifs is 1. The predicted molar refractivity (Wildman–Crippen MR) is 93.7 cm³/mol. The maximum atomic E-state index is 12.2. The summed E-state index contributed by atoms with van der Waals surface area (Å²) < 4.78 is 24.8. The second-order valence-electron chi connectivity index (χ2n) is 4.88. The summed E-state index contributed by atoms with van der Waals surface area (Å²) in [6.07, 6.45) is 0. The molecule has 1 amide bonds. The number of benzene rings is 2. The Balaban J connectivity index is 1.78. The van der Waals surface area contributed by atoms with Crippen LogP contribution in [0.5, 0.6) is 0 Å². The monoisotopic (exact) mass is 405 g/mol. The summed E-state index contributed by atoms with van der Waals surface area (Å²) in [6.45, 7) is 0. The highest BCUT2D eigenvalue weighted by Gasteiger charge is 2.18. The highest BCUT2D eigenvalue weighted by molar-refractivity contribution is 9.10. The smallest absolute Gasteiger partial charge is 0.272 e. The van der Waals surface area contributed by atoms with Gasteiger partial charge in [0, 0.05) is 9.86 Å². The van der Waals surface area contributed by atoms with Crippen LogP contribution in [0.15, 0.2) is 70.0 Å². The van der Waals surface area contributed by atoms with Gasteiger partial charge in [-0.1, -0.05) is 36.4 Å². The summed E-state index contributed by atoms with van der Waals surface area (Å²) in [7, 11) is -3.89. The Morgan fingerprint density at radius 1 is 0.958 bits per heavy atom. The summed E-state index contributed by atoms with van der Waals surface area (Å²) in [5.74, 6) is -0.642. The molecule has 0 aliphatic rings. The maximum Gasteiger partial charge on any atom is 0.284 e. The average molecular weight is 406 g/mol. The molecule has 3 aromatic rings. The van der Waals surface area contributed by atoms with Crippen LogP contribution in [0.25, 0.3) is 10.9 Å². The number of nitrogens with zero attached hydrogens (tertiary/aromatic N) is 1. The fourth-order valence-electron chi connectivity index (χ4n) is 2.09. The van der Waals surface area contributed by atoms with E-state index in [1.54, 1.807) is 30.3 Å². The molecule has 3 rings (SSSR count). The summed E-state index contributed by atoms with van der Waals surface area (Å²) in [4.78, 5) is 18.4. The lowest BCUT2D eigenvalue weighted by molar-refractivity contribution is 0.0940. The van der Waals surface area contributed by atoms with Gasteiger partial charge in [0.15, 0.2) is 0 Å². The zero-order chi connectivity index (χ0) is 17.2. The van der Waals surface area contributed by atoms with Crippen molar-refractivity contribution in [1.82, 2.24) is 15.2 Å². The molecule has 0 fully saturated rings. The molecule has 1 heterocycles. The molecule has 0 aliphatic heterocycles. The van der Waals surface area contributed by atoms with Crippen molar-refractivity contribution in [3.05, 3.63) is 70.8 Å². The fourth-order valence-corrected chi connectivity index (χ4v) is 3.93. The number of carbonyl (C=O) groups is 1. The van der Waals surface area contributed by atoms with E-state index >= 15 is 0 Å². The molecule has 0 atom stereocenters. The Labute approximate surface area is 147 Å². The lowest BCUT2D eigenvalue weighted by Gasteiger charge is -2.09. The molecule has 24 heavy (non-hydrogen) atoms. The molecular weight excluding hydrogens is 394 g/mol. The van der Waals surface area contributed by atoms with Crippen molar-refractivity contribution < 1.29 is 13.2 Å². The van der Waals surface area contributed by atoms with Crippen LogP contribution in [0.3, 0.4) is 0 Å². The molecule has 0 spiro atoms. The number of carbonyl (C=O) groups excluding carboxylic acids is 1. The Morgan fingerprint density at radius 2 is 1.67 bits per heavy atom. The number of hydrogen-bond acceptors (Lipinski definition) is 4. The van der Waals surface area contributed by atoms with Gasteiger partial charge < -0.3 is 0 Å². The summed E-state index contributed by atoms with van der Waals surface area (Å²) in [6, 6.07) is 16.9. The first kappa shape index (κ1) is 16.6. The van der Waals surface area contributed by atoms with Crippen LogP contribution in [-0.4, -0.2) is 19.3 Å². The molecule has 0 saturated carbocycles. The molecule has 2 N–H and O–H groups in total. The van der Waals surface area contributed by atoms with Gasteiger partial charge in [0.25, 0.3) is 15.9 Å². The molecule has 0 aliphatic carbocycles. The van der Waals surface area contributed by atoms with Crippen molar-refractivity contribution in [2.24, 2.45) is 0 Å². The van der Waals surface area contributed by atoms with E-state index in [-0.39, 0.29) is 10.6 Å². The molecule has 0 unspecified atom stereocenters. The summed E-state index contributed by atoms with van der Waals surface area (Å²) in [5.41, 5.74) is 2.94. The minimum Gasteiger partial charge on any atom is -0.272 e. The molecule has 0 radical (unpaired) electrons. The van der Waals surface area contributed by atoms with Gasteiger partial charge in [-0.25, -0.2) is 13.4 Å². The van der Waals surface area contributed by atoms with Crippen LogP contribution in [0.2, 0.25) is 0 Å². The van der Waals surface area contributed by atoms with Crippen molar-refractivity contribution >= 4 is 42.8 Å². The fraction of sp³-hybridized carbons (Fsp3) is 0. The third-order valence-electron chi connectivity index (χ3n) is 3.26. The number of hydrazine groups is 1. The van der Waals surface area contributed by atoms with Gasteiger partial charge in [-0.3, -0.25) is 10.2 Å². The van der Waals surface area contributed by atoms with Crippen LogP contribution in [0.4, 0.5) is 0 Å². The van der Waals surface area contributed by atoms with E-state index in [0.29, 0.717) is 9.99 Å². The zero-order valence-corrected chi connectivity index (χ0v) is 14.6. The quantitative estimate of drug-likeness (QED) is 0.652. The topological polar surface area (TPSA) is 88.2 Å². The number of pyridine rings is 1. The first-order valence-corrected chi connectivity index (χ1v) is 9.17. The molecule has 6 nitrogen and oxygen atoms in total. The molecule has 122 valence electrons.